The van der Waals surface area contributed by atoms with Crippen LogP contribution in [0.2, 0.25) is 0 Å². The van der Waals surface area contributed by atoms with Gasteiger partial charge in [0.15, 0.2) is 0 Å². The Balaban J connectivity index is 2.21. The van der Waals surface area contributed by atoms with Gasteiger partial charge in [-0.1, -0.05) is 12.1 Å². The predicted molar refractivity (Wildman–Crippen MR) is 66.9 cm³/mol. The zero-order valence-electron chi connectivity index (χ0n) is 9.48. The minimum atomic E-state index is -2.82. The van der Waals surface area contributed by atoms with E-state index in [0.717, 1.165) is 22.7 Å². The summed E-state index contributed by atoms with van der Waals surface area (Å²) in [4.78, 5) is 4.39. The van der Waals surface area contributed by atoms with Crippen LogP contribution in [0.25, 0.3) is 11.3 Å². The molecule has 0 amide bonds. The summed E-state index contributed by atoms with van der Waals surface area (Å²) in [6.07, 6.45) is 0.720. The predicted octanol–water partition coefficient (Wildman–Crippen LogP) is 2.91. The number of ether oxygens (including phenoxy) is 1. The van der Waals surface area contributed by atoms with E-state index in [4.69, 9.17) is 5.73 Å². The van der Waals surface area contributed by atoms with Crippen molar-refractivity contribution < 1.29 is 13.5 Å². The van der Waals surface area contributed by atoms with Crippen molar-refractivity contribution in [1.29, 1.82) is 0 Å². The summed E-state index contributed by atoms with van der Waals surface area (Å²) in [5.74, 6) is 0.135. The van der Waals surface area contributed by atoms with Gasteiger partial charge in [0.1, 0.15) is 5.75 Å². The number of hydrogen-bond donors (Lipinski definition) is 1. The molecule has 0 spiro atoms. The monoisotopic (exact) mass is 270 g/mol. The SMILES string of the molecule is NCCc1nc(-c2cccc(OC(F)F)c2)cs1. The van der Waals surface area contributed by atoms with E-state index in [-0.39, 0.29) is 5.75 Å². The zero-order valence-corrected chi connectivity index (χ0v) is 10.3. The van der Waals surface area contributed by atoms with E-state index in [9.17, 15) is 8.78 Å². The van der Waals surface area contributed by atoms with Gasteiger partial charge in [-0.3, -0.25) is 0 Å². The summed E-state index contributed by atoms with van der Waals surface area (Å²) in [5, 5.41) is 2.82. The van der Waals surface area contributed by atoms with E-state index in [0.29, 0.717) is 6.54 Å². The Morgan fingerprint density at radius 1 is 1.39 bits per heavy atom. The molecule has 0 aliphatic heterocycles. The molecule has 0 atom stereocenters. The molecule has 0 radical (unpaired) electrons. The summed E-state index contributed by atoms with van der Waals surface area (Å²) in [5.41, 5.74) is 6.96. The molecule has 1 aromatic carbocycles. The number of nitrogens with two attached hydrogens (primary N) is 1. The third-order valence-electron chi connectivity index (χ3n) is 2.26. The van der Waals surface area contributed by atoms with Gasteiger partial charge in [-0.05, 0) is 18.7 Å². The first-order valence-corrected chi connectivity index (χ1v) is 6.26. The molecule has 6 heteroatoms. The number of thiazole rings is 1. The highest BCUT2D eigenvalue weighted by molar-refractivity contribution is 7.09. The Hall–Kier alpha value is -1.53. The van der Waals surface area contributed by atoms with Crippen molar-refractivity contribution in [3.63, 3.8) is 0 Å². The van der Waals surface area contributed by atoms with Crippen molar-refractivity contribution in [2.45, 2.75) is 13.0 Å². The van der Waals surface area contributed by atoms with Crippen LogP contribution in [-0.2, 0) is 6.42 Å². The molecule has 0 saturated heterocycles. The van der Waals surface area contributed by atoms with Gasteiger partial charge in [-0.25, -0.2) is 4.98 Å². The molecule has 0 aliphatic carbocycles. The van der Waals surface area contributed by atoms with Gasteiger partial charge < -0.3 is 10.5 Å². The summed E-state index contributed by atoms with van der Waals surface area (Å²) in [6, 6.07) is 6.50. The zero-order chi connectivity index (χ0) is 13.0. The molecule has 2 rings (SSSR count). The fraction of sp³-hybridized carbons (Fsp3) is 0.250. The van der Waals surface area contributed by atoms with Crippen molar-refractivity contribution in [2.75, 3.05) is 6.54 Å². The van der Waals surface area contributed by atoms with E-state index in [1.807, 2.05) is 5.38 Å². The van der Waals surface area contributed by atoms with Gasteiger partial charge in [0.05, 0.1) is 10.7 Å². The van der Waals surface area contributed by atoms with Crippen LogP contribution >= 0.6 is 11.3 Å². The second-order valence-corrected chi connectivity index (χ2v) is 4.51. The van der Waals surface area contributed by atoms with Gasteiger partial charge in [-0.15, -0.1) is 11.3 Å². The van der Waals surface area contributed by atoms with E-state index in [1.54, 1.807) is 18.2 Å². The van der Waals surface area contributed by atoms with Crippen LogP contribution in [0, 0.1) is 0 Å². The first kappa shape index (κ1) is 12.9. The lowest BCUT2D eigenvalue weighted by molar-refractivity contribution is -0.0498. The number of alkyl halides is 2. The Bertz CT molecular complexity index is 516. The lowest BCUT2D eigenvalue weighted by Gasteiger charge is -2.05. The molecular formula is C12H12F2N2OS. The standard InChI is InChI=1S/C12H12F2N2OS/c13-12(14)17-9-3-1-2-8(6-9)10-7-18-11(16-10)4-5-15/h1-3,6-7,12H,4-5,15H2. The van der Waals surface area contributed by atoms with E-state index in [1.165, 1.54) is 17.4 Å². The number of hydrogen-bond acceptors (Lipinski definition) is 4. The molecule has 1 aromatic heterocycles. The molecule has 0 aliphatic rings. The van der Waals surface area contributed by atoms with Crippen molar-refractivity contribution >= 4 is 11.3 Å². The lowest BCUT2D eigenvalue weighted by Crippen LogP contribution is -2.02. The van der Waals surface area contributed by atoms with Gasteiger partial charge >= 0.3 is 6.61 Å². The number of benzene rings is 1. The van der Waals surface area contributed by atoms with E-state index in [2.05, 4.69) is 9.72 Å². The first-order valence-electron chi connectivity index (χ1n) is 5.39. The van der Waals surface area contributed by atoms with E-state index >= 15 is 0 Å². The minimum absolute atomic E-state index is 0.135. The normalized spacial score (nSPS) is 10.9. The first-order chi connectivity index (χ1) is 8.69. The highest BCUT2D eigenvalue weighted by atomic mass is 32.1. The topological polar surface area (TPSA) is 48.1 Å². The van der Waals surface area contributed by atoms with Crippen LogP contribution in [0.3, 0.4) is 0 Å². The fourth-order valence-corrected chi connectivity index (χ4v) is 2.34. The molecule has 0 bridgehead atoms. The molecular weight excluding hydrogens is 258 g/mol. The van der Waals surface area contributed by atoms with Crippen molar-refractivity contribution in [3.8, 4) is 17.0 Å². The van der Waals surface area contributed by atoms with Crippen LogP contribution < -0.4 is 10.5 Å². The van der Waals surface area contributed by atoms with Crippen molar-refractivity contribution in [3.05, 3.63) is 34.7 Å². The Morgan fingerprint density at radius 3 is 2.94 bits per heavy atom. The van der Waals surface area contributed by atoms with E-state index < -0.39 is 6.61 Å². The molecule has 1 heterocycles. The minimum Gasteiger partial charge on any atom is -0.435 e. The van der Waals surface area contributed by atoms with Crippen LogP contribution in [0.15, 0.2) is 29.6 Å². The van der Waals surface area contributed by atoms with Crippen molar-refractivity contribution in [1.82, 2.24) is 4.98 Å². The highest BCUT2D eigenvalue weighted by Gasteiger charge is 2.08. The average molecular weight is 270 g/mol. The largest absolute Gasteiger partial charge is 0.435 e. The molecule has 0 saturated carbocycles. The number of nitrogens with zero attached hydrogens (tertiary/aromatic N) is 1. The number of aromatic nitrogens is 1. The maximum atomic E-state index is 12.1. The lowest BCUT2D eigenvalue weighted by atomic mass is 10.2. The van der Waals surface area contributed by atoms with Crippen LogP contribution in [0.5, 0.6) is 5.75 Å². The van der Waals surface area contributed by atoms with Crippen LogP contribution in [-0.4, -0.2) is 18.1 Å². The Morgan fingerprint density at radius 2 is 2.22 bits per heavy atom. The Kier molecular flexibility index (Phi) is 4.22. The van der Waals surface area contributed by atoms with Gasteiger partial charge in [-0.2, -0.15) is 8.78 Å². The highest BCUT2D eigenvalue weighted by Crippen LogP contribution is 2.26. The van der Waals surface area contributed by atoms with Gasteiger partial charge in [0.25, 0.3) is 0 Å². The van der Waals surface area contributed by atoms with Gasteiger partial charge in [0.2, 0.25) is 0 Å². The van der Waals surface area contributed by atoms with Crippen molar-refractivity contribution in [2.24, 2.45) is 5.73 Å². The maximum Gasteiger partial charge on any atom is 0.387 e. The van der Waals surface area contributed by atoms with Crippen LogP contribution in [0.4, 0.5) is 8.78 Å². The maximum absolute atomic E-state index is 12.1. The molecule has 0 unspecified atom stereocenters. The Labute approximate surface area is 107 Å². The molecule has 96 valence electrons. The second kappa shape index (κ2) is 5.88. The van der Waals surface area contributed by atoms with Crippen LogP contribution in [0.1, 0.15) is 5.01 Å². The summed E-state index contributed by atoms with van der Waals surface area (Å²) >= 11 is 1.51. The summed E-state index contributed by atoms with van der Waals surface area (Å²) < 4.78 is 28.6. The molecule has 18 heavy (non-hydrogen) atoms. The molecule has 2 aromatic rings. The number of rotatable bonds is 5. The summed E-state index contributed by atoms with van der Waals surface area (Å²) in [7, 11) is 0. The number of halogens is 2. The third-order valence-corrected chi connectivity index (χ3v) is 3.17. The summed E-state index contributed by atoms with van der Waals surface area (Å²) in [6.45, 7) is -2.27. The third kappa shape index (κ3) is 3.24. The smallest absolute Gasteiger partial charge is 0.387 e. The molecule has 0 fully saturated rings. The average Bonchev–Trinajstić information content (AvgIpc) is 2.78. The quantitative estimate of drug-likeness (QED) is 0.908. The molecule has 3 nitrogen and oxygen atoms in total. The second-order valence-electron chi connectivity index (χ2n) is 3.57. The molecule has 2 N–H and O–H groups in total. The van der Waals surface area contributed by atoms with Gasteiger partial charge in [0, 0.05) is 17.4 Å². The fourth-order valence-electron chi connectivity index (χ4n) is 1.51.